The summed E-state index contributed by atoms with van der Waals surface area (Å²) in [6, 6.07) is 35.4. The summed E-state index contributed by atoms with van der Waals surface area (Å²) in [7, 11) is 0. The first-order chi connectivity index (χ1) is 16.0. The van der Waals surface area contributed by atoms with Crippen molar-refractivity contribution in [2.45, 2.75) is 6.61 Å². The summed E-state index contributed by atoms with van der Waals surface area (Å²) in [5.74, 6) is 0. The molecule has 0 unspecified atom stereocenters. The van der Waals surface area contributed by atoms with Gasteiger partial charge >= 0.3 is 193 Å². The first-order valence-corrected chi connectivity index (χ1v) is 13.2. The van der Waals surface area contributed by atoms with Crippen LogP contribution in [0.15, 0.2) is 115 Å². The van der Waals surface area contributed by atoms with Crippen LogP contribution in [0.2, 0.25) is 0 Å². The van der Waals surface area contributed by atoms with Crippen molar-refractivity contribution in [3.63, 3.8) is 0 Å². The number of hydrogen-bond donors (Lipinski definition) is 0. The van der Waals surface area contributed by atoms with Crippen LogP contribution < -0.4 is 15.9 Å². The first kappa shape index (κ1) is 22.4. The molecular weight excluding hydrogens is 433 g/mol. The Morgan fingerprint density at radius 2 is 1.12 bits per heavy atom. The predicted octanol–water partition coefficient (Wildman–Crippen LogP) is 5.39. The molecule has 4 rings (SSSR count). The van der Waals surface area contributed by atoms with E-state index in [-0.39, 0.29) is 18.0 Å². The van der Waals surface area contributed by atoms with E-state index in [4.69, 9.17) is 4.74 Å². The summed E-state index contributed by atoms with van der Waals surface area (Å²) in [4.78, 5) is 25.3. The normalized spacial score (nSPS) is 12.3. The summed E-state index contributed by atoms with van der Waals surface area (Å²) >= 11 is 0. The Morgan fingerprint density at radius 1 is 0.727 bits per heavy atom. The van der Waals surface area contributed by atoms with E-state index in [0.29, 0.717) is 5.56 Å². The van der Waals surface area contributed by atoms with Crippen LogP contribution >= 0.6 is 6.60 Å². The zero-order valence-corrected chi connectivity index (χ0v) is 19.1. The van der Waals surface area contributed by atoms with Gasteiger partial charge in [0.1, 0.15) is 0 Å². The number of carbonyl (C=O) groups is 1. The third-order valence-electron chi connectivity index (χ3n) is 6.20. The second-order valence-corrected chi connectivity index (χ2v) is 13.1. The van der Waals surface area contributed by atoms with Crippen molar-refractivity contribution in [3.8, 4) is 0 Å². The van der Waals surface area contributed by atoms with E-state index in [2.05, 4.69) is 0 Å². The Hall–Kier alpha value is -3.82. The molecule has 5 nitrogen and oxygen atoms in total. The van der Waals surface area contributed by atoms with E-state index in [1.807, 2.05) is 97.7 Å². The quantitative estimate of drug-likeness (QED) is 0.212. The Morgan fingerprint density at radius 3 is 1.55 bits per heavy atom. The second-order valence-electron chi connectivity index (χ2n) is 8.01. The van der Waals surface area contributed by atoms with Crippen molar-refractivity contribution in [1.82, 2.24) is 0 Å². The van der Waals surface area contributed by atoms with E-state index < -0.39 is 11.5 Å². The number of nitrogens with zero attached hydrogens (tertiary/aromatic N) is 1. The van der Waals surface area contributed by atoms with Gasteiger partial charge in [-0.2, -0.15) is 0 Å². The van der Waals surface area contributed by atoms with Gasteiger partial charge in [-0.25, -0.2) is 0 Å². The monoisotopic (exact) mass is 457 g/mol. The predicted molar refractivity (Wildman–Crippen MR) is 134 cm³/mol. The van der Waals surface area contributed by atoms with Gasteiger partial charge in [-0.3, -0.25) is 0 Å². The Labute approximate surface area is 192 Å². The topological polar surface area (TPSA) is 69.4 Å². The molecule has 4 aromatic rings. The molecule has 0 fully saturated rings. The van der Waals surface area contributed by atoms with Crippen LogP contribution in [-0.4, -0.2) is 17.3 Å². The van der Waals surface area contributed by atoms with Crippen LogP contribution in [0.25, 0.3) is 0 Å². The van der Waals surface area contributed by atoms with Gasteiger partial charge in [-0.05, 0) is 0 Å². The van der Waals surface area contributed by atoms with Crippen LogP contribution in [-0.2, 0) is 11.3 Å². The third kappa shape index (κ3) is 3.71. The number of para-hydroxylation sites is 1. The van der Waals surface area contributed by atoms with Crippen molar-refractivity contribution in [2.75, 3.05) is 6.66 Å². The third-order valence-corrected chi connectivity index (χ3v) is 12.0. The molecule has 0 radical (unpaired) electrons. The maximum atomic E-state index is 14.3. The molecule has 6 heteroatoms. The van der Waals surface area contributed by atoms with Crippen molar-refractivity contribution in [3.05, 3.63) is 131 Å². The molecule has 33 heavy (non-hydrogen) atoms. The molecule has 0 atom stereocenters. The number of nitro benzene ring substituents is 1. The van der Waals surface area contributed by atoms with Gasteiger partial charge in [-0.1, -0.05) is 0 Å². The van der Waals surface area contributed by atoms with Gasteiger partial charge in [0.15, 0.2) is 0 Å². The summed E-state index contributed by atoms with van der Waals surface area (Å²) in [6.45, 7) is -1.97. The molecule has 0 spiro atoms. The van der Waals surface area contributed by atoms with Crippen LogP contribution in [0.4, 0.5) is 10.5 Å². The average molecular weight is 457 g/mol. The Balaban J connectivity index is 1.92. The molecule has 0 N–H and O–H groups in total. The van der Waals surface area contributed by atoms with Crippen molar-refractivity contribution < 1.29 is 14.5 Å². The van der Waals surface area contributed by atoms with E-state index in [0.717, 1.165) is 15.9 Å². The fraction of sp³-hybridized carbons (Fsp3) is 0.0741. The molecule has 4 aromatic carbocycles. The molecule has 0 aromatic heterocycles. The number of benzene rings is 4. The second kappa shape index (κ2) is 8.97. The van der Waals surface area contributed by atoms with E-state index in [1.165, 1.54) is 6.07 Å². The van der Waals surface area contributed by atoms with Gasteiger partial charge in [-0.15, -0.1) is 0 Å². The minimum absolute atomic E-state index is 0.0687. The van der Waals surface area contributed by atoms with Crippen LogP contribution in [0, 0.1) is 10.1 Å². The Kier molecular flexibility index (Phi) is 6.08. The summed E-state index contributed by atoms with van der Waals surface area (Å²) in [5.41, 5.74) is -0.0984. The molecule has 0 saturated heterocycles. The molecule has 0 aliphatic heterocycles. The molecule has 0 aliphatic rings. The fourth-order valence-electron chi connectivity index (χ4n) is 4.28. The van der Waals surface area contributed by atoms with Gasteiger partial charge < -0.3 is 0 Å². The summed E-state index contributed by atoms with van der Waals surface area (Å²) < 4.78 is 5.97. The summed E-state index contributed by atoms with van der Waals surface area (Å²) in [6.07, 6.45) is 0. The molecule has 0 aliphatic carbocycles. The average Bonchev–Trinajstić information content (AvgIpc) is 2.88. The molecule has 166 valence electrons. The van der Waals surface area contributed by atoms with E-state index in [1.54, 1.807) is 18.2 Å². The SMILES string of the molecule is CP(C(=O)OCc1ccccc1[N+](=O)[O-])(c1ccccc1)(c1ccccc1)c1ccccc1. The Bertz CT molecular complexity index is 1180. The van der Waals surface area contributed by atoms with Crippen LogP contribution in [0.1, 0.15) is 5.56 Å². The number of ether oxygens (including phenoxy) is 1. The van der Waals surface area contributed by atoms with Gasteiger partial charge in [0.2, 0.25) is 0 Å². The van der Waals surface area contributed by atoms with E-state index >= 15 is 0 Å². The molecular formula is C27H24NO4P. The maximum absolute atomic E-state index is 14.3. The van der Waals surface area contributed by atoms with Crippen LogP contribution in [0.5, 0.6) is 0 Å². The number of nitro groups is 1. The number of hydrogen-bond acceptors (Lipinski definition) is 4. The molecule has 0 bridgehead atoms. The van der Waals surface area contributed by atoms with Crippen molar-refractivity contribution in [1.29, 1.82) is 0 Å². The number of carbonyl (C=O) groups excluding carboxylic acids is 1. The molecule has 0 saturated carbocycles. The number of rotatable bonds is 7. The zero-order chi connectivity index (χ0) is 23.3. The first-order valence-electron chi connectivity index (χ1n) is 10.5. The van der Waals surface area contributed by atoms with Gasteiger partial charge in [0.25, 0.3) is 0 Å². The fourth-order valence-corrected chi connectivity index (χ4v) is 8.94. The zero-order valence-electron chi connectivity index (χ0n) is 18.2. The molecule has 0 amide bonds. The van der Waals surface area contributed by atoms with Gasteiger partial charge in [0, 0.05) is 0 Å². The minimum atomic E-state index is -3.78. The standard InChI is InChI=1S/C27H24NO4P/c1-33(23-14-5-2-6-15-23,24-16-7-3-8-17-24,25-18-9-4-10-19-25)27(29)32-21-22-13-11-12-20-26(22)28(30)31/h2-20H,21H2,1H3. The van der Waals surface area contributed by atoms with E-state index in [9.17, 15) is 14.9 Å². The summed E-state index contributed by atoms with van der Waals surface area (Å²) in [5, 5.41) is 14.1. The molecule has 0 heterocycles. The van der Waals surface area contributed by atoms with Crippen molar-refractivity contribution >= 4 is 33.9 Å². The van der Waals surface area contributed by atoms with Crippen molar-refractivity contribution in [2.24, 2.45) is 0 Å². The van der Waals surface area contributed by atoms with Crippen LogP contribution in [0.3, 0.4) is 0 Å². The van der Waals surface area contributed by atoms with Gasteiger partial charge in [0.05, 0.1) is 0 Å².